The predicted octanol–water partition coefficient (Wildman–Crippen LogP) is 0.385. The Bertz CT molecular complexity index is 412. The molecule has 3 N–H and O–H groups in total. The molecule has 7 heteroatoms. The standard InChI is InChI=1S/C13H21N3O4/c14-11(17)9-6-4-8-15(9)13(20)16-7-3-1-2-5-10(16)12(18)19/h9-10H,1-8H2,(H2,14,17)(H,18,19). The average molecular weight is 283 g/mol. The van der Waals surface area contributed by atoms with Gasteiger partial charge in [0, 0.05) is 13.1 Å². The lowest BCUT2D eigenvalue weighted by Crippen LogP contribution is -2.54. The Morgan fingerprint density at radius 3 is 2.15 bits per heavy atom. The van der Waals surface area contributed by atoms with E-state index in [0.29, 0.717) is 25.9 Å². The third kappa shape index (κ3) is 2.86. The molecule has 0 bridgehead atoms. The molecular weight excluding hydrogens is 262 g/mol. The van der Waals surface area contributed by atoms with Crippen LogP contribution in [0.25, 0.3) is 0 Å². The number of urea groups is 1. The fourth-order valence-corrected chi connectivity index (χ4v) is 3.05. The highest BCUT2D eigenvalue weighted by atomic mass is 16.4. The number of carboxylic acid groups (broad SMARTS) is 1. The first-order valence-electron chi connectivity index (χ1n) is 7.11. The fourth-order valence-electron chi connectivity index (χ4n) is 3.05. The molecule has 2 rings (SSSR count). The van der Waals surface area contributed by atoms with Gasteiger partial charge in [-0.25, -0.2) is 9.59 Å². The van der Waals surface area contributed by atoms with Crippen molar-refractivity contribution in [3.8, 4) is 0 Å². The lowest BCUT2D eigenvalue weighted by atomic mass is 10.1. The molecule has 0 spiro atoms. The summed E-state index contributed by atoms with van der Waals surface area (Å²) in [5, 5.41) is 9.30. The summed E-state index contributed by atoms with van der Waals surface area (Å²) in [5.74, 6) is -1.49. The normalized spacial score (nSPS) is 27.2. The molecule has 20 heavy (non-hydrogen) atoms. The smallest absolute Gasteiger partial charge is 0.326 e. The summed E-state index contributed by atoms with van der Waals surface area (Å²) in [6.45, 7) is 0.896. The number of hydrogen-bond donors (Lipinski definition) is 2. The Morgan fingerprint density at radius 1 is 0.900 bits per heavy atom. The second kappa shape index (κ2) is 6.11. The van der Waals surface area contributed by atoms with Gasteiger partial charge >= 0.3 is 12.0 Å². The maximum Gasteiger partial charge on any atom is 0.326 e. The Kier molecular flexibility index (Phi) is 4.46. The minimum absolute atomic E-state index is 0.361. The first-order valence-corrected chi connectivity index (χ1v) is 7.11. The fraction of sp³-hybridized carbons (Fsp3) is 0.769. The van der Waals surface area contributed by atoms with Crippen LogP contribution in [0.3, 0.4) is 0 Å². The first kappa shape index (κ1) is 14.6. The number of aliphatic carboxylic acids is 1. The monoisotopic (exact) mass is 283 g/mol. The van der Waals surface area contributed by atoms with E-state index in [1.165, 1.54) is 9.80 Å². The van der Waals surface area contributed by atoms with Gasteiger partial charge in [-0.05, 0) is 25.7 Å². The van der Waals surface area contributed by atoms with Crippen molar-refractivity contribution in [3.63, 3.8) is 0 Å². The Labute approximate surface area is 117 Å². The van der Waals surface area contributed by atoms with E-state index in [1.54, 1.807) is 0 Å². The van der Waals surface area contributed by atoms with Crippen LogP contribution in [-0.2, 0) is 9.59 Å². The molecule has 0 aromatic heterocycles. The van der Waals surface area contributed by atoms with Crippen LogP contribution in [0.4, 0.5) is 4.79 Å². The highest BCUT2D eigenvalue weighted by molar-refractivity contribution is 5.88. The number of nitrogens with two attached hydrogens (primary N) is 1. The Hall–Kier alpha value is -1.79. The van der Waals surface area contributed by atoms with Crippen molar-refractivity contribution in [2.45, 2.75) is 50.6 Å². The Balaban J connectivity index is 2.16. The van der Waals surface area contributed by atoms with E-state index in [1.807, 2.05) is 0 Å². The summed E-state index contributed by atoms with van der Waals surface area (Å²) < 4.78 is 0. The van der Waals surface area contributed by atoms with Gasteiger partial charge in [0.15, 0.2) is 0 Å². The molecule has 112 valence electrons. The lowest BCUT2D eigenvalue weighted by molar-refractivity contribution is -0.142. The van der Waals surface area contributed by atoms with Gasteiger partial charge in [0.2, 0.25) is 5.91 Å². The molecule has 2 unspecified atom stereocenters. The minimum atomic E-state index is -0.977. The molecule has 2 fully saturated rings. The highest BCUT2D eigenvalue weighted by Gasteiger charge is 2.39. The molecule has 3 amide bonds. The maximum absolute atomic E-state index is 12.6. The maximum atomic E-state index is 12.6. The number of rotatable bonds is 2. The average Bonchev–Trinajstić information content (AvgIpc) is 2.75. The minimum Gasteiger partial charge on any atom is -0.480 e. The number of primary amides is 1. The van der Waals surface area contributed by atoms with Crippen molar-refractivity contribution in [1.29, 1.82) is 0 Å². The summed E-state index contributed by atoms with van der Waals surface area (Å²) in [7, 11) is 0. The van der Waals surface area contributed by atoms with Gasteiger partial charge in [0.1, 0.15) is 12.1 Å². The Morgan fingerprint density at radius 2 is 1.50 bits per heavy atom. The highest BCUT2D eigenvalue weighted by Crippen LogP contribution is 2.23. The molecule has 2 aliphatic heterocycles. The van der Waals surface area contributed by atoms with Crippen molar-refractivity contribution < 1.29 is 19.5 Å². The number of likely N-dealkylation sites (tertiary alicyclic amines) is 2. The topological polar surface area (TPSA) is 104 Å². The molecule has 7 nitrogen and oxygen atoms in total. The van der Waals surface area contributed by atoms with Crippen molar-refractivity contribution in [1.82, 2.24) is 9.80 Å². The van der Waals surface area contributed by atoms with E-state index >= 15 is 0 Å². The molecule has 2 saturated heterocycles. The van der Waals surface area contributed by atoms with Crippen molar-refractivity contribution in [2.24, 2.45) is 5.73 Å². The zero-order valence-electron chi connectivity index (χ0n) is 11.5. The molecule has 0 aromatic rings. The van der Waals surface area contributed by atoms with Crippen LogP contribution < -0.4 is 5.73 Å². The molecule has 0 aliphatic carbocycles. The summed E-state index contributed by atoms with van der Waals surface area (Å²) in [4.78, 5) is 38.1. The summed E-state index contributed by atoms with van der Waals surface area (Å²) in [6.07, 6.45) is 4.28. The van der Waals surface area contributed by atoms with Gasteiger partial charge < -0.3 is 20.6 Å². The van der Waals surface area contributed by atoms with Gasteiger partial charge in [-0.1, -0.05) is 12.8 Å². The molecule has 0 aromatic carbocycles. The van der Waals surface area contributed by atoms with Crippen molar-refractivity contribution >= 4 is 17.9 Å². The molecule has 0 saturated carbocycles. The zero-order chi connectivity index (χ0) is 14.7. The molecule has 2 atom stereocenters. The summed E-state index contributed by atoms with van der Waals surface area (Å²) in [6, 6.07) is -1.75. The van der Waals surface area contributed by atoms with Gasteiger partial charge in [0.25, 0.3) is 0 Å². The molecular formula is C13H21N3O4. The van der Waals surface area contributed by atoms with Crippen LogP contribution in [-0.4, -0.2) is 58.0 Å². The molecule has 2 aliphatic rings. The number of carbonyl (C=O) groups is 3. The van der Waals surface area contributed by atoms with E-state index < -0.39 is 24.0 Å². The number of carboxylic acids is 1. The largest absolute Gasteiger partial charge is 0.480 e. The number of carbonyl (C=O) groups excluding carboxylic acids is 2. The van der Waals surface area contributed by atoms with Gasteiger partial charge in [-0.2, -0.15) is 0 Å². The molecule has 2 heterocycles. The van der Waals surface area contributed by atoms with Crippen LogP contribution in [0.5, 0.6) is 0 Å². The van der Waals surface area contributed by atoms with Crippen molar-refractivity contribution in [2.75, 3.05) is 13.1 Å². The molecule has 0 radical (unpaired) electrons. The van der Waals surface area contributed by atoms with Crippen LogP contribution in [0.15, 0.2) is 0 Å². The van der Waals surface area contributed by atoms with E-state index in [2.05, 4.69) is 0 Å². The van der Waals surface area contributed by atoms with E-state index in [9.17, 15) is 19.5 Å². The predicted molar refractivity (Wildman–Crippen MR) is 70.9 cm³/mol. The lowest BCUT2D eigenvalue weighted by Gasteiger charge is -2.33. The van der Waals surface area contributed by atoms with Crippen LogP contribution in [0.2, 0.25) is 0 Å². The quantitative estimate of drug-likeness (QED) is 0.764. The SMILES string of the molecule is NC(=O)C1CCCN1C(=O)N1CCCCCC1C(=O)O. The number of nitrogens with zero attached hydrogens (tertiary/aromatic N) is 2. The number of amides is 3. The van der Waals surface area contributed by atoms with E-state index in [0.717, 1.165) is 25.7 Å². The second-order valence-corrected chi connectivity index (χ2v) is 5.43. The van der Waals surface area contributed by atoms with Gasteiger partial charge in [-0.15, -0.1) is 0 Å². The van der Waals surface area contributed by atoms with Crippen molar-refractivity contribution in [3.05, 3.63) is 0 Å². The third-order valence-electron chi connectivity index (χ3n) is 4.11. The van der Waals surface area contributed by atoms with Crippen LogP contribution in [0, 0.1) is 0 Å². The summed E-state index contributed by atoms with van der Waals surface area (Å²) in [5.41, 5.74) is 5.31. The first-order chi connectivity index (χ1) is 9.52. The van der Waals surface area contributed by atoms with Gasteiger partial charge in [-0.3, -0.25) is 4.79 Å². The van der Waals surface area contributed by atoms with Gasteiger partial charge in [0.05, 0.1) is 0 Å². The van der Waals surface area contributed by atoms with E-state index in [-0.39, 0.29) is 6.03 Å². The second-order valence-electron chi connectivity index (χ2n) is 5.43. The van der Waals surface area contributed by atoms with E-state index in [4.69, 9.17) is 5.73 Å². The third-order valence-corrected chi connectivity index (χ3v) is 4.11. The zero-order valence-corrected chi connectivity index (χ0v) is 11.5. The number of hydrogen-bond acceptors (Lipinski definition) is 3. The summed E-state index contributed by atoms with van der Waals surface area (Å²) >= 11 is 0. The van der Waals surface area contributed by atoms with Crippen LogP contribution >= 0.6 is 0 Å². The van der Waals surface area contributed by atoms with Crippen LogP contribution in [0.1, 0.15) is 38.5 Å².